The zero-order valence-electron chi connectivity index (χ0n) is 20.8. The van der Waals surface area contributed by atoms with Crippen LogP contribution in [0.15, 0.2) is 35.5 Å². The minimum absolute atomic E-state index is 0.166. The Morgan fingerprint density at radius 2 is 1.91 bits per heavy atom. The summed E-state index contributed by atoms with van der Waals surface area (Å²) in [7, 11) is 0. The molecule has 3 saturated carbocycles. The molecule has 6 atom stereocenters. The van der Waals surface area contributed by atoms with E-state index >= 15 is 0 Å². The molecule has 0 amide bonds. The van der Waals surface area contributed by atoms with Crippen molar-refractivity contribution in [3.05, 3.63) is 35.5 Å². The lowest BCUT2D eigenvalue weighted by Gasteiger charge is -2.44. The van der Waals surface area contributed by atoms with Gasteiger partial charge in [0.1, 0.15) is 5.60 Å². The number of fused-ring (bicyclic) bond motifs is 1. The zero-order valence-corrected chi connectivity index (χ0v) is 20.8. The summed E-state index contributed by atoms with van der Waals surface area (Å²) in [6, 6.07) is 0. The Hall–Kier alpha value is -1.00. The van der Waals surface area contributed by atoms with Crippen molar-refractivity contribution in [2.75, 3.05) is 0 Å². The van der Waals surface area contributed by atoms with Gasteiger partial charge in [0, 0.05) is 6.42 Å². The van der Waals surface area contributed by atoms with Gasteiger partial charge in [0.15, 0.2) is 0 Å². The highest BCUT2D eigenvalue weighted by atomic mass is 19.3. The molecular weight excluding hydrogens is 406 g/mol. The van der Waals surface area contributed by atoms with Crippen LogP contribution in [0.5, 0.6) is 0 Å². The van der Waals surface area contributed by atoms with E-state index in [0.29, 0.717) is 30.6 Å². The van der Waals surface area contributed by atoms with Crippen LogP contribution in [0, 0.1) is 29.1 Å². The van der Waals surface area contributed by atoms with E-state index in [1.807, 2.05) is 0 Å². The van der Waals surface area contributed by atoms with Crippen LogP contribution in [0.3, 0.4) is 0 Å². The summed E-state index contributed by atoms with van der Waals surface area (Å²) in [5.41, 5.74) is 1.95. The second kappa shape index (κ2) is 9.33. The third-order valence-electron chi connectivity index (χ3n) is 9.15. The molecular formula is C28H44F2O2. The molecule has 0 aromatic rings. The van der Waals surface area contributed by atoms with Crippen molar-refractivity contribution in [3.63, 3.8) is 0 Å². The topological polar surface area (TPSA) is 40.5 Å². The van der Waals surface area contributed by atoms with Gasteiger partial charge in [-0.25, -0.2) is 8.78 Å². The van der Waals surface area contributed by atoms with Crippen LogP contribution in [0.1, 0.15) is 92.4 Å². The average Bonchev–Trinajstić information content (AvgIpc) is 3.05. The van der Waals surface area contributed by atoms with E-state index in [-0.39, 0.29) is 17.8 Å². The van der Waals surface area contributed by atoms with Crippen molar-refractivity contribution >= 4 is 0 Å². The molecule has 3 aliphatic rings. The number of aliphatic hydroxyl groups excluding tert-OH is 1. The van der Waals surface area contributed by atoms with E-state index in [2.05, 4.69) is 39.5 Å². The predicted molar refractivity (Wildman–Crippen MR) is 128 cm³/mol. The fraction of sp³-hybridized carbons (Fsp3) is 0.786. The van der Waals surface area contributed by atoms with Crippen LogP contribution in [-0.4, -0.2) is 27.8 Å². The third kappa shape index (κ3) is 5.06. The molecule has 0 aromatic carbocycles. The van der Waals surface area contributed by atoms with Gasteiger partial charge >= 0.3 is 0 Å². The minimum atomic E-state index is -3.06. The van der Waals surface area contributed by atoms with Gasteiger partial charge in [0.25, 0.3) is 5.92 Å². The van der Waals surface area contributed by atoms with Gasteiger partial charge in [0.2, 0.25) is 0 Å². The third-order valence-corrected chi connectivity index (χ3v) is 9.15. The van der Waals surface area contributed by atoms with Crippen molar-refractivity contribution < 1.29 is 19.0 Å². The van der Waals surface area contributed by atoms with Gasteiger partial charge in [-0.05, 0) is 99.9 Å². The Bertz CT molecular complexity index is 744. The first kappa shape index (κ1) is 25.6. The minimum Gasteiger partial charge on any atom is -0.388 e. The lowest BCUT2D eigenvalue weighted by molar-refractivity contribution is -0.168. The first-order chi connectivity index (χ1) is 14.8. The largest absolute Gasteiger partial charge is 0.388 e. The van der Waals surface area contributed by atoms with Crippen LogP contribution in [-0.2, 0) is 0 Å². The average molecular weight is 451 g/mol. The van der Waals surface area contributed by atoms with Crippen LogP contribution >= 0.6 is 0 Å². The van der Waals surface area contributed by atoms with Gasteiger partial charge in [-0.2, -0.15) is 0 Å². The van der Waals surface area contributed by atoms with Crippen LogP contribution in [0.4, 0.5) is 8.78 Å². The maximum absolute atomic E-state index is 14.3. The molecule has 3 rings (SSSR count). The SMILES string of the molecule is C=C1[C@H](C)C/C(=C/C=C2\CCC[C@@]3(C)C2CCC3[C@H](C)CCC(F)(F)C(C)(C)O)C[C@H]1O. The smallest absolute Gasteiger partial charge is 0.275 e. The first-order valence-electron chi connectivity index (χ1n) is 12.6. The number of halogens is 2. The maximum atomic E-state index is 14.3. The van der Waals surface area contributed by atoms with Gasteiger partial charge in [-0.3, -0.25) is 0 Å². The quantitative estimate of drug-likeness (QED) is 0.419. The molecule has 0 heterocycles. The van der Waals surface area contributed by atoms with E-state index in [9.17, 15) is 19.0 Å². The summed E-state index contributed by atoms with van der Waals surface area (Å²) >= 11 is 0. The van der Waals surface area contributed by atoms with Crippen LogP contribution in [0.25, 0.3) is 0 Å². The summed E-state index contributed by atoms with van der Waals surface area (Å²) in [5.74, 6) is -1.55. The first-order valence-corrected chi connectivity index (χ1v) is 12.6. The Kier molecular flexibility index (Phi) is 7.47. The molecule has 2 N–H and O–H groups in total. The normalized spacial score (nSPS) is 37.7. The van der Waals surface area contributed by atoms with E-state index in [4.69, 9.17) is 0 Å². The molecule has 0 saturated heterocycles. The highest BCUT2D eigenvalue weighted by Gasteiger charge is 2.51. The molecule has 0 aliphatic heterocycles. The van der Waals surface area contributed by atoms with Gasteiger partial charge < -0.3 is 10.2 Å². The molecule has 0 bridgehead atoms. The summed E-state index contributed by atoms with van der Waals surface area (Å²) in [4.78, 5) is 0. The van der Waals surface area contributed by atoms with Crippen molar-refractivity contribution in [1.82, 2.24) is 0 Å². The van der Waals surface area contributed by atoms with Crippen LogP contribution < -0.4 is 0 Å². The molecule has 3 fully saturated rings. The highest BCUT2D eigenvalue weighted by molar-refractivity contribution is 5.29. The fourth-order valence-corrected chi connectivity index (χ4v) is 6.81. The molecule has 0 aromatic heterocycles. The standard InChI is InChI=1S/C28H44F2O2/c1-18(13-15-28(29,30)26(4,5)32)23-11-12-24-22(8-7-14-27(23,24)6)10-9-21-16-19(2)20(3)25(31)17-21/h9-10,18-19,23-25,31-32H,3,7-8,11-17H2,1-2,4-6H3/b21-9-,22-10+/t18-,19-,23?,24?,25-,27-/m1/s1. The summed E-state index contributed by atoms with van der Waals surface area (Å²) in [6.07, 6.45) is 11.7. The Morgan fingerprint density at radius 1 is 1.22 bits per heavy atom. The van der Waals surface area contributed by atoms with E-state index in [0.717, 1.165) is 44.1 Å². The molecule has 3 aliphatic carbocycles. The van der Waals surface area contributed by atoms with Crippen molar-refractivity contribution in [1.29, 1.82) is 0 Å². The maximum Gasteiger partial charge on any atom is 0.275 e. The molecule has 0 spiro atoms. The van der Waals surface area contributed by atoms with Crippen molar-refractivity contribution in [2.45, 2.75) is 110 Å². The van der Waals surface area contributed by atoms with Crippen molar-refractivity contribution in [2.24, 2.45) is 29.1 Å². The molecule has 32 heavy (non-hydrogen) atoms. The van der Waals surface area contributed by atoms with Gasteiger partial charge in [0.05, 0.1) is 6.10 Å². The highest BCUT2D eigenvalue weighted by Crippen LogP contribution is 2.60. The number of alkyl halides is 2. The van der Waals surface area contributed by atoms with Crippen LogP contribution in [0.2, 0.25) is 0 Å². The second-order valence-corrected chi connectivity index (χ2v) is 11.8. The number of allylic oxidation sites excluding steroid dienone is 3. The Morgan fingerprint density at radius 3 is 2.53 bits per heavy atom. The molecule has 182 valence electrons. The lowest BCUT2D eigenvalue weighted by atomic mass is 9.60. The van der Waals surface area contributed by atoms with Gasteiger partial charge in [-0.15, -0.1) is 0 Å². The summed E-state index contributed by atoms with van der Waals surface area (Å²) in [5, 5.41) is 20.1. The number of hydrogen-bond acceptors (Lipinski definition) is 2. The van der Waals surface area contributed by atoms with Gasteiger partial charge in [-0.1, -0.05) is 50.6 Å². The summed E-state index contributed by atoms with van der Waals surface area (Å²) in [6.45, 7) is 13.1. The van der Waals surface area contributed by atoms with E-state index < -0.39 is 17.6 Å². The lowest BCUT2D eigenvalue weighted by Crippen LogP contribution is -2.43. The summed E-state index contributed by atoms with van der Waals surface area (Å²) < 4.78 is 28.7. The van der Waals surface area contributed by atoms with E-state index in [1.54, 1.807) is 0 Å². The molecule has 0 radical (unpaired) electrons. The monoisotopic (exact) mass is 450 g/mol. The Balaban J connectivity index is 1.70. The van der Waals surface area contributed by atoms with Crippen molar-refractivity contribution in [3.8, 4) is 0 Å². The Labute approximate surface area is 193 Å². The molecule has 4 heteroatoms. The zero-order chi connectivity index (χ0) is 23.9. The molecule has 2 unspecified atom stereocenters. The second-order valence-electron chi connectivity index (χ2n) is 11.8. The number of rotatable bonds is 6. The fourth-order valence-electron chi connectivity index (χ4n) is 6.81. The predicted octanol–water partition coefficient (Wildman–Crippen LogP) is 7.23. The number of aliphatic hydroxyl groups is 2. The number of hydrogen-bond donors (Lipinski definition) is 2. The van der Waals surface area contributed by atoms with E-state index in [1.165, 1.54) is 25.0 Å². The molecule has 2 nitrogen and oxygen atoms in total.